The quantitative estimate of drug-likeness (QED) is 0.562. The molecule has 0 aliphatic carbocycles. The van der Waals surface area contributed by atoms with Crippen molar-refractivity contribution in [3.05, 3.63) is 23.4 Å². The zero-order valence-electron chi connectivity index (χ0n) is 9.55. The van der Waals surface area contributed by atoms with Crippen molar-refractivity contribution in [1.82, 2.24) is 4.98 Å². The Balaban J connectivity index is 2.83. The molecule has 0 aliphatic heterocycles. The molecule has 0 bridgehead atoms. The molecule has 0 aliphatic rings. The standard InChI is InChI=1S/C11H16N2O4/c1-2-8-3-7(11(16)17)4-10(13-8)12-5-9(15)6-14/h3-4,9,14-15H,2,5-6H2,1H3,(H,12,13)(H,16,17). The van der Waals surface area contributed by atoms with Crippen LogP contribution in [-0.2, 0) is 6.42 Å². The minimum Gasteiger partial charge on any atom is -0.478 e. The summed E-state index contributed by atoms with van der Waals surface area (Å²) in [4.78, 5) is 15.0. The molecule has 0 fully saturated rings. The van der Waals surface area contributed by atoms with E-state index in [2.05, 4.69) is 10.3 Å². The Kier molecular flexibility index (Phi) is 4.86. The molecule has 4 N–H and O–H groups in total. The Bertz CT molecular complexity index is 395. The van der Waals surface area contributed by atoms with Gasteiger partial charge in [0, 0.05) is 12.2 Å². The van der Waals surface area contributed by atoms with E-state index in [0.29, 0.717) is 17.9 Å². The van der Waals surface area contributed by atoms with Crippen molar-refractivity contribution in [2.24, 2.45) is 0 Å². The van der Waals surface area contributed by atoms with Gasteiger partial charge in [-0.15, -0.1) is 0 Å². The zero-order chi connectivity index (χ0) is 12.8. The van der Waals surface area contributed by atoms with E-state index >= 15 is 0 Å². The Hall–Kier alpha value is -1.66. The minimum atomic E-state index is -1.02. The highest BCUT2D eigenvalue weighted by atomic mass is 16.4. The SMILES string of the molecule is CCc1cc(C(=O)O)cc(NCC(O)CO)n1. The van der Waals surface area contributed by atoms with Crippen LogP contribution in [0.1, 0.15) is 23.0 Å². The van der Waals surface area contributed by atoms with Gasteiger partial charge in [-0.05, 0) is 18.6 Å². The first kappa shape index (κ1) is 13.4. The van der Waals surface area contributed by atoms with Crippen LogP contribution in [0.2, 0.25) is 0 Å². The van der Waals surface area contributed by atoms with Gasteiger partial charge in [0.1, 0.15) is 5.82 Å². The number of aryl methyl sites for hydroxylation is 1. The number of anilines is 1. The van der Waals surface area contributed by atoms with Crippen molar-refractivity contribution < 1.29 is 20.1 Å². The molecule has 1 unspecified atom stereocenters. The lowest BCUT2D eigenvalue weighted by Gasteiger charge is -2.11. The van der Waals surface area contributed by atoms with Crippen LogP contribution in [0, 0.1) is 0 Å². The number of carbonyl (C=O) groups is 1. The lowest BCUT2D eigenvalue weighted by molar-refractivity contribution is 0.0696. The van der Waals surface area contributed by atoms with Crippen molar-refractivity contribution in [2.45, 2.75) is 19.4 Å². The molecule has 6 heteroatoms. The van der Waals surface area contributed by atoms with E-state index in [9.17, 15) is 4.79 Å². The first-order valence-electron chi connectivity index (χ1n) is 5.33. The molecular formula is C11H16N2O4. The summed E-state index contributed by atoms with van der Waals surface area (Å²) in [6.07, 6.45) is -0.270. The van der Waals surface area contributed by atoms with E-state index < -0.39 is 12.1 Å². The average Bonchev–Trinajstić information content (AvgIpc) is 2.35. The van der Waals surface area contributed by atoms with E-state index in [1.165, 1.54) is 12.1 Å². The molecule has 0 spiro atoms. The van der Waals surface area contributed by atoms with E-state index in [1.807, 2.05) is 6.92 Å². The van der Waals surface area contributed by atoms with Gasteiger partial charge in [-0.2, -0.15) is 0 Å². The predicted octanol–water partition coefficient (Wildman–Crippen LogP) is 0.107. The summed E-state index contributed by atoms with van der Waals surface area (Å²) in [6.45, 7) is 1.64. The van der Waals surface area contributed by atoms with Crippen LogP contribution in [0.15, 0.2) is 12.1 Å². The number of rotatable bonds is 6. The fourth-order valence-corrected chi connectivity index (χ4v) is 1.27. The van der Waals surface area contributed by atoms with Crippen LogP contribution < -0.4 is 5.32 Å². The summed E-state index contributed by atoms with van der Waals surface area (Å²) in [5.74, 6) is -0.637. The fourth-order valence-electron chi connectivity index (χ4n) is 1.27. The molecule has 1 atom stereocenters. The number of hydrogen-bond acceptors (Lipinski definition) is 5. The summed E-state index contributed by atoms with van der Waals surface area (Å²) >= 11 is 0. The number of aromatic carboxylic acids is 1. The van der Waals surface area contributed by atoms with E-state index in [0.717, 1.165) is 0 Å². The molecule has 0 radical (unpaired) electrons. The molecule has 0 saturated heterocycles. The third-order valence-electron chi connectivity index (χ3n) is 2.22. The van der Waals surface area contributed by atoms with E-state index in [-0.39, 0.29) is 18.7 Å². The zero-order valence-corrected chi connectivity index (χ0v) is 9.55. The van der Waals surface area contributed by atoms with Crippen LogP contribution in [0.3, 0.4) is 0 Å². The van der Waals surface area contributed by atoms with E-state index in [4.69, 9.17) is 15.3 Å². The van der Waals surface area contributed by atoms with Crippen molar-refractivity contribution in [1.29, 1.82) is 0 Å². The van der Waals surface area contributed by atoms with Gasteiger partial charge in [0.05, 0.1) is 18.3 Å². The Morgan fingerprint density at radius 1 is 1.53 bits per heavy atom. The number of pyridine rings is 1. The second-order valence-corrected chi connectivity index (χ2v) is 3.61. The van der Waals surface area contributed by atoms with Crippen LogP contribution in [0.25, 0.3) is 0 Å². The van der Waals surface area contributed by atoms with Gasteiger partial charge in [-0.1, -0.05) is 6.92 Å². The second-order valence-electron chi connectivity index (χ2n) is 3.61. The summed E-state index contributed by atoms with van der Waals surface area (Å²) in [5.41, 5.74) is 0.809. The molecule has 0 aromatic carbocycles. The van der Waals surface area contributed by atoms with Gasteiger partial charge >= 0.3 is 5.97 Å². The van der Waals surface area contributed by atoms with Gasteiger partial charge in [0.2, 0.25) is 0 Å². The van der Waals surface area contributed by atoms with Gasteiger partial charge < -0.3 is 20.6 Å². The first-order valence-corrected chi connectivity index (χ1v) is 5.33. The molecule has 1 rings (SSSR count). The van der Waals surface area contributed by atoms with Crippen LogP contribution in [-0.4, -0.2) is 45.5 Å². The highest BCUT2D eigenvalue weighted by molar-refractivity contribution is 5.88. The third kappa shape index (κ3) is 4.01. The van der Waals surface area contributed by atoms with Crippen LogP contribution in [0.4, 0.5) is 5.82 Å². The number of aliphatic hydroxyl groups excluding tert-OH is 2. The number of aliphatic hydroxyl groups is 2. The highest BCUT2D eigenvalue weighted by Crippen LogP contribution is 2.11. The molecule has 17 heavy (non-hydrogen) atoms. The van der Waals surface area contributed by atoms with Gasteiger partial charge in [0.25, 0.3) is 0 Å². The average molecular weight is 240 g/mol. The van der Waals surface area contributed by atoms with Crippen LogP contribution >= 0.6 is 0 Å². The number of hydrogen-bond donors (Lipinski definition) is 4. The summed E-state index contributed by atoms with van der Waals surface area (Å²) in [5, 5.41) is 29.5. The maximum atomic E-state index is 10.9. The Morgan fingerprint density at radius 3 is 2.76 bits per heavy atom. The number of aromatic nitrogens is 1. The molecule has 1 aromatic rings. The summed E-state index contributed by atoms with van der Waals surface area (Å²) < 4.78 is 0. The topological polar surface area (TPSA) is 103 Å². The van der Waals surface area contributed by atoms with Crippen molar-refractivity contribution in [3.8, 4) is 0 Å². The normalized spacial score (nSPS) is 12.2. The number of carboxylic acids is 1. The second kappa shape index (κ2) is 6.17. The molecule has 0 amide bonds. The summed E-state index contributed by atoms with van der Waals surface area (Å²) in [6, 6.07) is 2.90. The first-order chi connectivity index (χ1) is 8.06. The smallest absolute Gasteiger partial charge is 0.335 e. The lowest BCUT2D eigenvalue weighted by atomic mass is 10.2. The Morgan fingerprint density at radius 2 is 2.24 bits per heavy atom. The van der Waals surface area contributed by atoms with Crippen LogP contribution in [0.5, 0.6) is 0 Å². The Labute approximate surface area is 98.9 Å². The monoisotopic (exact) mass is 240 g/mol. The highest BCUT2D eigenvalue weighted by Gasteiger charge is 2.08. The lowest BCUT2D eigenvalue weighted by Crippen LogP contribution is -2.23. The molecule has 0 saturated carbocycles. The minimum absolute atomic E-state index is 0.121. The van der Waals surface area contributed by atoms with Crippen molar-refractivity contribution in [2.75, 3.05) is 18.5 Å². The third-order valence-corrected chi connectivity index (χ3v) is 2.22. The largest absolute Gasteiger partial charge is 0.478 e. The summed E-state index contributed by atoms with van der Waals surface area (Å²) in [7, 11) is 0. The molecule has 94 valence electrons. The maximum absolute atomic E-state index is 10.9. The fraction of sp³-hybridized carbons (Fsp3) is 0.455. The van der Waals surface area contributed by atoms with Gasteiger partial charge in [-0.3, -0.25) is 0 Å². The molecule has 1 heterocycles. The molecule has 6 nitrogen and oxygen atoms in total. The molecular weight excluding hydrogens is 224 g/mol. The number of nitrogens with zero attached hydrogens (tertiary/aromatic N) is 1. The van der Waals surface area contributed by atoms with Crippen molar-refractivity contribution >= 4 is 11.8 Å². The van der Waals surface area contributed by atoms with Gasteiger partial charge in [0.15, 0.2) is 0 Å². The maximum Gasteiger partial charge on any atom is 0.335 e. The molecule has 1 aromatic heterocycles. The van der Waals surface area contributed by atoms with E-state index in [1.54, 1.807) is 0 Å². The van der Waals surface area contributed by atoms with Gasteiger partial charge in [-0.25, -0.2) is 9.78 Å². The predicted molar refractivity (Wildman–Crippen MR) is 62.2 cm³/mol. The number of nitrogens with one attached hydrogen (secondary N) is 1. The van der Waals surface area contributed by atoms with Crippen molar-refractivity contribution in [3.63, 3.8) is 0 Å². The number of carboxylic acid groups (broad SMARTS) is 1.